The highest BCUT2D eigenvalue weighted by Crippen LogP contribution is 2.25. The van der Waals surface area contributed by atoms with Crippen molar-refractivity contribution in [2.45, 2.75) is 6.04 Å². The van der Waals surface area contributed by atoms with Gasteiger partial charge in [-0.15, -0.1) is 0 Å². The molecule has 1 aromatic heterocycles. The largest absolute Gasteiger partial charge is 0.468 e. The Morgan fingerprint density at radius 2 is 1.87 bits per heavy atom. The normalized spacial score (nSPS) is 15.7. The van der Waals surface area contributed by atoms with Gasteiger partial charge in [0.05, 0.1) is 18.0 Å². The standard InChI is InChI=1S/C23H23ClFN3O2/c24-18-6-3-5-17(15-18)23(29)26-16-21(22-9-4-14-30-22)28-12-10-27(11-13-28)20-8-2-1-7-19(20)25/h1-9,14-15,21H,10-13,16H2,(H,26,29). The number of benzene rings is 2. The summed E-state index contributed by atoms with van der Waals surface area (Å²) in [6.45, 7) is 3.25. The number of para-hydroxylation sites is 1. The number of nitrogens with zero attached hydrogens (tertiary/aromatic N) is 2. The fourth-order valence-corrected chi connectivity index (χ4v) is 3.98. The number of anilines is 1. The first-order valence-corrected chi connectivity index (χ1v) is 10.3. The lowest BCUT2D eigenvalue weighted by atomic mass is 10.1. The summed E-state index contributed by atoms with van der Waals surface area (Å²) >= 11 is 6.00. The zero-order valence-corrected chi connectivity index (χ0v) is 17.2. The Morgan fingerprint density at radius 1 is 1.07 bits per heavy atom. The maximum Gasteiger partial charge on any atom is 0.251 e. The summed E-state index contributed by atoms with van der Waals surface area (Å²) in [6.07, 6.45) is 1.64. The number of carbonyl (C=O) groups excluding carboxylic acids is 1. The molecule has 0 aliphatic carbocycles. The Hall–Kier alpha value is -2.83. The van der Waals surface area contributed by atoms with E-state index >= 15 is 0 Å². The first-order valence-electron chi connectivity index (χ1n) is 9.92. The van der Waals surface area contributed by atoms with Crippen molar-refractivity contribution < 1.29 is 13.6 Å². The Labute approximate surface area is 180 Å². The van der Waals surface area contributed by atoms with Gasteiger partial charge in [0, 0.05) is 43.3 Å². The maximum absolute atomic E-state index is 14.1. The first-order chi connectivity index (χ1) is 14.6. The number of hydrogen-bond acceptors (Lipinski definition) is 4. The fourth-order valence-electron chi connectivity index (χ4n) is 3.79. The Morgan fingerprint density at radius 3 is 2.57 bits per heavy atom. The topological polar surface area (TPSA) is 48.7 Å². The van der Waals surface area contributed by atoms with E-state index in [2.05, 4.69) is 15.1 Å². The molecule has 30 heavy (non-hydrogen) atoms. The van der Waals surface area contributed by atoms with Crippen LogP contribution in [0, 0.1) is 5.82 Å². The van der Waals surface area contributed by atoms with E-state index in [1.54, 1.807) is 42.7 Å². The van der Waals surface area contributed by atoms with Crippen molar-refractivity contribution in [2.24, 2.45) is 0 Å². The molecule has 1 N–H and O–H groups in total. The van der Waals surface area contributed by atoms with Crippen LogP contribution in [-0.4, -0.2) is 43.5 Å². The third kappa shape index (κ3) is 4.66. The molecule has 2 heterocycles. The van der Waals surface area contributed by atoms with E-state index in [1.807, 2.05) is 18.2 Å². The van der Waals surface area contributed by atoms with Crippen LogP contribution in [0.15, 0.2) is 71.3 Å². The molecular weight excluding hydrogens is 405 g/mol. The van der Waals surface area contributed by atoms with Crippen LogP contribution in [0.3, 0.4) is 0 Å². The van der Waals surface area contributed by atoms with Crippen molar-refractivity contribution >= 4 is 23.2 Å². The molecule has 2 aromatic carbocycles. The number of halogens is 2. The second-order valence-electron chi connectivity index (χ2n) is 7.23. The zero-order chi connectivity index (χ0) is 20.9. The highest BCUT2D eigenvalue weighted by atomic mass is 35.5. The van der Waals surface area contributed by atoms with Gasteiger partial charge < -0.3 is 14.6 Å². The molecule has 0 spiro atoms. The SMILES string of the molecule is O=C(NCC(c1ccco1)N1CCN(c2ccccc2F)CC1)c1cccc(Cl)c1. The van der Waals surface area contributed by atoms with Crippen LogP contribution in [0.1, 0.15) is 22.2 Å². The van der Waals surface area contributed by atoms with Crippen molar-refractivity contribution in [1.82, 2.24) is 10.2 Å². The molecule has 1 aliphatic rings. The van der Waals surface area contributed by atoms with Gasteiger partial charge in [0.2, 0.25) is 0 Å². The van der Waals surface area contributed by atoms with E-state index in [1.165, 1.54) is 6.07 Å². The quantitative estimate of drug-likeness (QED) is 0.634. The molecule has 0 radical (unpaired) electrons. The second kappa shape index (κ2) is 9.32. The first kappa shape index (κ1) is 20.4. The second-order valence-corrected chi connectivity index (χ2v) is 7.66. The third-order valence-corrected chi connectivity index (χ3v) is 5.60. The predicted octanol–water partition coefficient (Wildman–Crippen LogP) is 4.37. The third-order valence-electron chi connectivity index (χ3n) is 5.36. The smallest absolute Gasteiger partial charge is 0.251 e. The molecule has 4 rings (SSSR count). The summed E-state index contributed by atoms with van der Waals surface area (Å²) in [4.78, 5) is 16.9. The number of rotatable bonds is 6. The van der Waals surface area contributed by atoms with Crippen LogP contribution >= 0.6 is 11.6 Å². The summed E-state index contributed by atoms with van der Waals surface area (Å²) < 4.78 is 19.8. The van der Waals surface area contributed by atoms with E-state index in [0.717, 1.165) is 18.8 Å². The number of piperazine rings is 1. The lowest BCUT2D eigenvalue weighted by molar-refractivity contribution is 0.0922. The number of carbonyl (C=O) groups is 1. The maximum atomic E-state index is 14.1. The summed E-state index contributed by atoms with van der Waals surface area (Å²) in [5, 5.41) is 3.51. The van der Waals surface area contributed by atoms with Gasteiger partial charge in [-0.05, 0) is 42.5 Å². The minimum Gasteiger partial charge on any atom is -0.468 e. The predicted molar refractivity (Wildman–Crippen MR) is 115 cm³/mol. The van der Waals surface area contributed by atoms with Gasteiger partial charge in [0.15, 0.2) is 0 Å². The van der Waals surface area contributed by atoms with Gasteiger partial charge in [-0.2, -0.15) is 0 Å². The monoisotopic (exact) mass is 427 g/mol. The highest BCUT2D eigenvalue weighted by Gasteiger charge is 2.28. The molecule has 0 saturated carbocycles. The van der Waals surface area contributed by atoms with Crippen LogP contribution in [0.25, 0.3) is 0 Å². The van der Waals surface area contributed by atoms with E-state index in [0.29, 0.717) is 35.9 Å². The van der Waals surface area contributed by atoms with Crippen molar-refractivity contribution in [2.75, 3.05) is 37.6 Å². The summed E-state index contributed by atoms with van der Waals surface area (Å²) in [5.74, 6) is 0.405. The highest BCUT2D eigenvalue weighted by molar-refractivity contribution is 6.30. The molecule has 1 unspecified atom stereocenters. The van der Waals surface area contributed by atoms with Crippen molar-refractivity contribution in [3.8, 4) is 0 Å². The zero-order valence-electron chi connectivity index (χ0n) is 16.4. The van der Waals surface area contributed by atoms with Gasteiger partial charge in [-0.3, -0.25) is 9.69 Å². The molecule has 5 nitrogen and oxygen atoms in total. The van der Waals surface area contributed by atoms with Gasteiger partial charge in [0.25, 0.3) is 5.91 Å². The van der Waals surface area contributed by atoms with E-state index in [9.17, 15) is 9.18 Å². The van der Waals surface area contributed by atoms with Crippen molar-refractivity contribution in [3.63, 3.8) is 0 Å². The van der Waals surface area contributed by atoms with E-state index in [-0.39, 0.29) is 17.8 Å². The number of furan rings is 1. The van der Waals surface area contributed by atoms with Gasteiger partial charge >= 0.3 is 0 Å². The summed E-state index contributed by atoms with van der Waals surface area (Å²) in [7, 11) is 0. The van der Waals surface area contributed by atoms with Crippen LogP contribution < -0.4 is 10.2 Å². The molecule has 156 valence electrons. The van der Waals surface area contributed by atoms with Crippen molar-refractivity contribution in [1.29, 1.82) is 0 Å². The summed E-state index contributed by atoms with van der Waals surface area (Å²) in [5.41, 5.74) is 1.14. The minimum atomic E-state index is -0.206. The molecule has 1 aliphatic heterocycles. The molecule has 1 amide bonds. The minimum absolute atomic E-state index is 0.106. The van der Waals surface area contributed by atoms with Gasteiger partial charge in [-0.25, -0.2) is 4.39 Å². The summed E-state index contributed by atoms with van der Waals surface area (Å²) in [6, 6.07) is 17.4. The van der Waals surface area contributed by atoms with E-state index in [4.69, 9.17) is 16.0 Å². The Balaban J connectivity index is 1.42. The van der Waals surface area contributed by atoms with Gasteiger partial charge in [0.1, 0.15) is 11.6 Å². The van der Waals surface area contributed by atoms with Crippen LogP contribution in [0.5, 0.6) is 0 Å². The molecule has 7 heteroatoms. The van der Waals surface area contributed by atoms with E-state index < -0.39 is 0 Å². The molecule has 3 aromatic rings. The average molecular weight is 428 g/mol. The average Bonchev–Trinajstić information content (AvgIpc) is 3.29. The van der Waals surface area contributed by atoms with Crippen LogP contribution in [0.4, 0.5) is 10.1 Å². The number of hydrogen-bond donors (Lipinski definition) is 1. The van der Waals surface area contributed by atoms with Crippen LogP contribution in [-0.2, 0) is 0 Å². The fraction of sp³-hybridized carbons (Fsp3) is 0.261. The van der Waals surface area contributed by atoms with Gasteiger partial charge in [-0.1, -0.05) is 29.8 Å². The number of amides is 1. The number of nitrogens with one attached hydrogen (secondary N) is 1. The lowest BCUT2D eigenvalue weighted by Crippen LogP contribution is -2.50. The molecular formula is C23H23ClFN3O2. The molecule has 1 saturated heterocycles. The van der Waals surface area contributed by atoms with Crippen molar-refractivity contribution in [3.05, 3.63) is 89.1 Å². The van der Waals surface area contributed by atoms with Crippen LogP contribution in [0.2, 0.25) is 5.02 Å². The Kier molecular flexibility index (Phi) is 6.35. The lowest BCUT2D eigenvalue weighted by Gasteiger charge is -2.39. The molecule has 0 bridgehead atoms. The molecule has 1 atom stereocenters. The Bertz CT molecular complexity index is 988. The molecule has 1 fully saturated rings.